The zero-order valence-electron chi connectivity index (χ0n) is 17.3. The van der Waals surface area contributed by atoms with E-state index in [4.69, 9.17) is 12.2 Å². The Morgan fingerprint density at radius 2 is 2.13 bits per heavy atom. The molecule has 2 atom stereocenters. The minimum atomic E-state index is -0.0682. The van der Waals surface area contributed by atoms with Crippen molar-refractivity contribution in [3.63, 3.8) is 0 Å². The third kappa shape index (κ3) is 4.97. The van der Waals surface area contributed by atoms with Crippen molar-refractivity contribution in [3.8, 4) is 0 Å². The molecule has 1 aliphatic rings. The van der Waals surface area contributed by atoms with Crippen LogP contribution in [0.3, 0.4) is 0 Å². The van der Waals surface area contributed by atoms with Crippen LogP contribution in [0.2, 0.25) is 0 Å². The Bertz CT molecular complexity index is 1100. The molecule has 0 aliphatic carbocycles. The molecular formula is C23H23BrN4OS2. The molecule has 1 aliphatic heterocycles. The minimum Gasteiger partial charge on any atom is -0.352 e. The molecule has 2 N–H and O–H groups in total. The van der Waals surface area contributed by atoms with Crippen molar-refractivity contribution in [3.05, 3.63) is 80.2 Å². The molecular weight excluding hydrogens is 492 g/mol. The van der Waals surface area contributed by atoms with Gasteiger partial charge in [0.25, 0.3) is 0 Å². The number of hydrogen-bond acceptors (Lipinski definition) is 4. The second-order valence-electron chi connectivity index (χ2n) is 7.60. The molecule has 1 fully saturated rings. The fourth-order valence-corrected chi connectivity index (χ4v) is 5.67. The molecule has 31 heavy (non-hydrogen) atoms. The van der Waals surface area contributed by atoms with Crippen molar-refractivity contribution in [2.75, 3.05) is 11.9 Å². The molecule has 3 aromatic rings. The van der Waals surface area contributed by atoms with E-state index in [-0.39, 0.29) is 18.0 Å². The number of aromatic nitrogens is 1. The molecule has 0 spiro atoms. The molecule has 8 heteroatoms. The molecule has 5 nitrogen and oxygen atoms in total. The first-order valence-corrected chi connectivity index (χ1v) is 12.1. The zero-order valence-corrected chi connectivity index (χ0v) is 20.5. The van der Waals surface area contributed by atoms with Gasteiger partial charge in [-0.3, -0.25) is 9.78 Å². The average Bonchev–Trinajstić information content (AvgIpc) is 3.32. The van der Waals surface area contributed by atoms with Crippen molar-refractivity contribution in [2.24, 2.45) is 0 Å². The highest BCUT2D eigenvalue weighted by Crippen LogP contribution is 2.41. The van der Waals surface area contributed by atoms with Crippen LogP contribution in [-0.2, 0) is 4.79 Å². The number of amides is 1. The molecule has 0 bridgehead atoms. The highest BCUT2D eigenvalue weighted by Gasteiger charge is 2.40. The maximum absolute atomic E-state index is 12.7. The van der Waals surface area contributed by atoms with Crippen molar-refractivity contribution in [1.29, 1.82) is 0 Å². The van der Waals surface area contributed by atoms with Crippen LogP contribution < -0.4 is 10.6 Å². The predicted octanol–water partition coefficient (Wildman–Crippen LogP) is 5.52. The van der Waals surface area contributed by atoms with Crippen LogP contribution >= 0.6 is 39.5 Å². The van der Waals surface area contributed by atoms with Crippen molar-refractivity contribution in [1.82, 2.24) is 15.2 Å². The Balaban J connectivity index is 1.52. The van der Waals surface area contributed by atoms with Gasteiger partial charge in [0.15, 0.2) is 5.11 Å². The minimum absolute atomic E-state index is 0.0211. The topological polar surface area (TPSA) is 57.3 Å². The second kappa shape index (κ2) is 9.46. The number of rotatable bonds is 6. The summed E-state index contributed by atoms with van der Waals surface area (Å²) in [5.74, 6) is -0.0242. The highest BCUT2D eigenvalue weighted by molar-refractivity contribution is 9.10. The summed E-state index contributed by atoms with van der Waals surface area (Å²) in [5, 5.41) is 9.18. The smallest absolute Gasteiger partial charge is 0.226 e. The lowest BCUT2D eigenvalue weighted by molar-refractivity contribution is -0.116. The van der Waals surface area contributed by atoms with Gasteiger partial charge < -0.3 is 15.5 Å². The number of nitrogens with one attached hydrogen (secondary N) is 2. The van der Waals surface area contributed by atoms with E-state index in [0.717, 1.165) is 27.0 Å². The summed E-state index contributed by atoms with van der Waals surface area (Å²) in [5.41, 5.74) is 3.96. The highest BCUT2D eigenvalue weighted by atomic mass is 79.9. The van der Waals surface area contributed by atoms with Gasteiger partial charge in [0.2, 0.25) is 5.91 Å². The molecule has 2 aromatic heterocycles. The van der Waals surface area contributed by atoms with Gasteiger partial charge in [0, 0.05) is 39.6 Å². The fourth-order valence-electron chi connectivity index (χ4n) is 3.74. The number of pyridine rings is 1. The lowest BCUT2D eigenvalue weighted by Crippen LogP contribution is -2.32. The summed E-state index contributed by atoms with van der Waals surface area (Å²) in [6.45, 7) is 4.54. The van der Waals surface area contributed by atoms with Crippen LogP contribution in [-0.4, -0.2) is 27.4 Å². The third-order valence-electron chi connectivity index (χ3n) is 5.32. The quantitative estimate of drug-likeness (QED) is 0.424. The van der Waals surface area contributed by atoms with Crippen molar-refractivity contribution in [2.45, 2.75) is 32.4 Å². The van der Waals surface area contributed by atoms with E-state index in [1.54, 1.807) is 17.5 Å². The molecule has 3 heterocycles. The number of hydrogen-bond donors (Lipinski definition) is 2. The third-order valence-corrected chi connectivity index (χ3v) is 7.44. The molecule has 0 radical (unpaired) electrons. The molecule has 1 aromatic carbocycles. The first kappa shape index (κ1) is 21.9. The van der Waals surface area contributed by atoms with Crippen LogP contribution in [0, 0.1) is 13.8 Å². The Hall–Kier alpha value is -2.29. The van der Waals surface area contributed by atoms with Crippen LogP contribution in [0.1, 0.15) is 40.2 Å². The number of benzene rings is 1. The molecule has 4 rings (SSSR count). The number of carbonyl (C=O) groups excluding carboxylic acids is 1. The molecule has 1 saturated heterocycles. The summed E-state index contributed by atoms with van der Waals surface area (Å²) < 4.78 is 1.04. The van der Waals surface area contributed by atoms with E-state index >= 15 is 0 Å². The first-order chi connectivity index (χ1) is 14.9. The standard InChI is InChI=1S/C23H23BrN4OS2/c1-14-6-7-15(2)18(11-14)26-20(29)8-10-28-22(19-12-16(24)13-31-19)21(27-23(28)30)17-5-3-4-9-25-17/h3-7,9,11-13,21-22H,8,10H2,1-2H3,(H,26,29)(H,27,30). The second-order valence-corrected chi connectivity index (χ2v) is 9.85. The van der Waals surface area contributed by atoms with Gasteiger partial charge in [0.1, 0.15) is 0 Å². The van der Waals surface area contributed by atoms with Gasteiger partial charge in [-0.25, -0.2) is 0 Å². The zero-order chi connectivity index (χ0) is 22.0. The normalized spacial score (nSPS) is 18.2. The van der Waals surface area contributed by atoms with Gasteiger partial charge in [-0.2, -0.15) is 0 Å². The van der Waals surface area contributed by atoms with Gasteiger partial charge in [-0.05, 0) is 77.4 Å². The maximum atomic E-state index is 12.7. The summed E-state index contributed by atoms with van der Waals surface area (Å²) in [7, 11) is 0. The van der Waals surface area contributed by atoms with Gasteiger partial charge in [0.05, 0.1) is 17.8 Å². The number of halogens is 1. The van der Waals surface area contributed by atoms with Gasteiger partial charge in [-0.1, -0.05) is 18.2 Å². The fraction of sp³-hybridized carbons (Fsp3) is 0.261. The van der Waals surface area contributed by atoms with Crippen LogP contribution in [0.5, 0.6) is 0 Å². The Morgan fingerprint density at radius 1 is 1.29 bits per heavy atom. The predicted molar refractivity (Wildman–Crippen MR) is 133 cm³/mol. The number of thiocarbonyl (C=S) groups is 1. The SMILES string of the molecule is Cc1ccc(C)c(NC(=O)CCN2C(=S)NC(c3ccccn3)C2c2cc(Br)cs2)c1. The monoisotopic (exact) mass is 514 g/mol. The van der Waals surface area contributed by atoms with E-state index in [9.17, 15) is 4.79 Å². The summed E-state index contributed by atoms with van der Waals surface area (Å²) in [6.07, 6.45) is 2.13. The number of nitrogens with zero attached hydrogens (tertiary/aromatic N) is 2. The average molecular weight is 516 g/mol. The van der Waals surface area contributed by atoms with Crippen LogP contribution in [0.25, 0.3) is 0 Å². The lowest BCUT2D eigenvalue weighted by atomic mass is 10.0. The van der Waals surface area contributed by atoms with Crippen molar-refractivity contribution < 1.29 is 4.79 Å². The number of carbonyl (C=O) groups is 1. The molecule has 0 saturated carbocycles. The lowest BCUT2D eigenvalue weighted by Gasteiger charge is -2.26. The Morgan fingerprint density at radius 3 is 2.84 bits per heavy atom. The molecule has 2 unspecified atom stereocenters. The van der Waals surface area contributed by atoms with Gasteiger partial charge >= 0.3 is 0 Å². The van der Waals surface area contributed by atoms with Crippen LogP contribution in [0.4, 0.5) is 5.69 Å². The van der Waals surface area contributed by atoms with Crippen LogP contribution in [0.15, 0.2) is 58.5 Å². The van der Waals surface area contributed by atoms with E-state index in [1.165, 1.54) is 4.88 Å². The number of anilines is 1. The molecule has 1 amide bonds. The summed E-state index contributed by atoms with van der Waals surface area (Å²) >= 11 is 10.9. The first-order valence-electron chi connectivity index (χ1n) is 10.0. The summed E-state index contributed by atoms with van der Waals surface area (Å²) in [6, 6.07) is 14.0. The van der Waals surface area contributed by atoms with E-state index in [2.05, 4.69) is 47.9 Å². The molecule has 160 valence electrons. The maximum Gasteiger partial charge on any atom is 0.226 e. The Labute approximate surface area is 200 Å². The Kier molecular flexibility index (Phi) is 6.69. The number of aryl methyl sites for hydroxylation is 2. The van der Waals surface area contributed by atoms with E-state index < -0.39 is 0 Å². The van der Waals surface area contributed by atoms with E-state index in [1.807, 2.05) is 50.2 Å². The van der Waals surface area contributed by atoms with Crippen molar-refractivity contribution >= 4 is 56.2 Å². The largest absolute Gasteiger partial charge is 0.352 e. The number of thiophene rings is 1. The van der Waals surface area contributed by atoms with E-state index in [0.29, 0.717) is 18.1 Å². The van der Waals surface area contributed by atoms with Gasteiger partial charge in [-0.15, -0.1) is 11.3 Å². The summed E-state index contributed by atoms with van der Waals surface area (Å²) in [4.78, 5) is 20.5.